The van der Waals surface area contributed by atoms with Crippen LogP contribution in [0.4, 0.5) is 11.4 Å². The van der Waals surface area contributed by atoms with Crippen molar-refractivity contribution in [1.29, 1.82) is 0 Å². The summed E-state index contributed by atoms with van der Waals surface area (Å²) in [5.41, 5.74) is 4.89. The van der Waals surface area contributed by atoms with Crippen molar-refractivity contribution in [2.24, 2.45) is 5.92 Å². The van der Waals surface area contributed by atoms with Crippen LogP contribution in [0.3, 0.4) is 0 Å². The molecule has 46 heavy (non-hydrogen) atoms. The largest absolute Gasteiger partial charge is 0.493 e. The smallest absolute Gasteiger partial charge is 0.232 e. The molecule has 7 nitrogen and oxygen atoms in total. The number of amides is 2. The number of anilines is 2. The Labute approximate surface area is 279 Å². The van der Waals surface area contributed by atoms with Gasteiger partial charge < -0.3 is 24.2 Å². The summed E-state index contributed by atoms with van der Waals surface area (Å²) in [7, 11) is 3.77. The van der Waals surface area contributed by atoms with E-state index in [2.05, 4.69) is 50.1 Å². The van der Waals surface area contributed by atoms with Gasteiger partial charge in [0.25, 0.3) is 0 Å². The molecule has 0 spiro atoms. The molecular weight excluding hydrogens is 598 g/mol. The highest BCUT2D eigenvalue weighted by atomic mass is 35.5. The molecule has 0 radical (unpaired) electrons. The third-order valence-electron chi connectivity index (χ3n) is 9.78. The zero-order valence-electron chi connectivity index (χ0n) is 28.1. The van der Waals surface area contributed by atoms with Gasteiger partial charge in [-0.2, -0.15) is 0 Å². The molecule has 0 bridgehead atoms. The Kier molecular flexibility index (Phi) is 10.8. The highest BCUT2D eigenvalue weighted by molar-refractivity contribution is 6.30. The highest BCUT2D eigenvalue weighted by Gasteiger charge is 2.36. The molecule has 246 valence electrons. The second-order valence-electron chi connectivity index (χ2n) is 12.8. The van der Waals surface area contributed by atoms with Crippen molar-refractivity contribution in [1.82, 2.24) is 4.90 Å². The first kappa shape index (κ1) is 33.6. The molecular formula is C38H48ClN3O4. The quantitative estimate of drug-likeness (QED) is 0.211. The Bertz CT molecular complexity index is 1500. The second-order valence-corrected chi connectivity index (χ2v) is 13.2. The number of halogens is 1. The summed E-state index contributed by atoms with van der Waals surface area (Å²) in [6, 6.07) is 20.1. The number of nitrogens with zero attached hydrogens (tertiary/aromatic N) is 3. The van der Waals surface area contributed by atoms with Crippen LogP contribution < -0.4 is 19.3 Å². The molecule has 8 heteroatoms. The highest BCUT2D eigenvalue weighted by Crippen LogP contribution is 2.44. The molecule has 2 unspecified atom stereocenters. The maximum atomic E-state index is 13.9. The Morgan fingerprint density at radius 1 is 1.00 bits per heavy atom. The van der Waals surface area contributed by atoms with Crippen molar-refractivity contribution < 1.29 is 19.1 Å². The fourth-order valence-electron chi connectivity index (χ4n) is 7.11. The Balaban J connectivity index is 1.39. The zero-order valence-corrected chi connectivity index (χ0v) is 28.8. The van der Waals surface area contributed by atoms with Crippen LogP contribution in [0, 0.1) is 5.92 Å². The summed E-state index contributed by atoms with van der Waals surface area (Å²) >= 11 is 6.29. The summed E-state index contributed by atoms with van der Waals surface area (Å²) in [5.74, 6) is 2.10. The number of carbonyl (C=O) groups is 2. The average molecular weight is 646 g/mol. The van der Waals surface area contributed by atoms with Gasteiger partial charge in [0.05, 0.1) is 25.7 Å². The lowest BCUT2D eigenvalue weighted by Crippen LogP contribution is -2.42. The molecule has 0 aromatic heterocycles. The summed E-state index contributed by atoms with van der Waals surface area (Å²) in [5, 5.41) is 0.649. The number of fused-ring (bicyclic) bond motifs is 1. The van der Waals surface area contributed by atoms with E-state index in [1.54, 1.807) is 14.0 Å². The van der Waals surface area contributed by atoms with E-state index in [4.69, 9.17) is 21.1 Å². The van der Waals surface area contributed by atoms with Crippen molar-refractivity contribution in [3.05, 3.63) is 82.4 Å². The van der Waals surface area contributed by atoms with E-state index >= 15 is 0 Å². The number of methoxy groups -OCH3 is 1. The van der Waals surface area contributed by atoms with Gasteiger partial charge in [-0.1, -0.05) is 30.7 Å². The molecule has 2 aliphatic rings. The van der Waals surface area contributed by atoms with Crippen molar-refractivity contribution in [3.63, 3.8) is 0 Å². The lowest BCUT2D eigenvalue weighted by atomic mass is 9.85. The fourth-order valence-corrected chi connectivity index (χ4v) is 7.24. The van der Waals surface area contributed by atoms with E-state index < -0.39 is 0 Å². The maximum Gasteiger partial charge on any atom is 0.232 e. The van der Waals surface area contributed by atoms with Gasteiger partial charge in [-0.25, -0.2) is 0 Å². The molecule has 3 aromatic carbocycles. The van der Waals surface area contributed by atoms with Crippen molar-refractivity contribution in [3.8, 4) is 11.5 Å². The number of ether oxygens (including phenoxy) is 2. The van der Waals surface area contributed by atoms with Crippen molar-refractivity contribution in [2.45, 2.75) is 84.4 Å². The molecule has 1 aliphatic carbocycles. The average Bonchev–Trinajstić information content (AvgIpc) is 3.05. The molecule has 1 aliphatic heterocycles. The maximum absolute atomic E-state index is 13.9. The van der Waals surface area contributed by atoms with Crippen LogP contribution in [0.25, 0.3) is 0 Å². The molecule has 1 heterocycles. The lowest BCUT2D eigenvalue weighted by molar-refractivity contribution is -0.131. The molecule has 2 atom stereocenters. The van der Waals surface area contributed by atoms with Crippen LogP contribution in [0.15, 0.2) is 60.7 Å². The number of hydrogen-bond acceptors (Lipinski definition) is 5. The molecule has 0 saturated heterocycles. The summed E-state index contributed by atoms with van der Waals surface area (Å²) in [6.07, 6.45) is 5.52. The van der Waals surface area contributed by atoms with Crippen LogP contribution in [-0.4, -0.2) is 56.1 Å². The number of benzene rings is 3. The first-order valence-corrected chi connectivity index (χ1v) is 17.0. The van der Waals surface area contributed by atoms with Crippen LogP contribution in [0.1, 0.15) is 82.5 Å². The van der Waals surface area contributed by atoms with E-state index in [1.807, 2.05) is 53.1 Å². The van der Waals surface area contributed by atoms with Gasteiger partial charge in [0, 0.05) is 49.5 Å². The standard InChI is InChI=1S/C38H48ClN3O4/c1-7-25(3)46-36-23-34-29(21-35(36)45-6)22-37(44)42(38(34)28-11-13-30(39)14-12-28)33-19-17-31(18-20-33)40(5)24-27-9-15-32(16-10-27)41(8-2)26(4)43/h11-14,17-21,23,25,27,32,38H,7-10,15-16,22,24H2,1-6H3. The summed E-state index contributed by atoms with van der Waals surface area (Å²) in [6.45, 7) is 9.62. The number of rotatable bonds is 11. The third kappa shape index (κ3) is 7.30. The predicted octanol–water partition coefficient (Wildman–Crippen LogP) is 8.07. The predicted molar refractivity (Wildman–Crippen MR) is 186 cm³/mol. The minimum Gasteiger partial charge on any atom is -0.493 e. The second kappa shape index (κ2) is 14.8. The molecule has 5 rings (SSSR count). The monoisotopic (exact) mass is 645 g/mol. The van der Waals surface area contributed by atoms with Crippen molar-refractivity contribution in [2.75, 3.05) is 37.0 Å². The van der Waals surface area contributed by atoms with E-state index in [1.165, 1.54) is 0 Å². The van der Waals surface area contributed by atoms with Crippen LogP contribution in [0.5, 0.6) is 11.5 Å². The Morgan fingerprint density at radius 3 is 2.26 bits per heavy atom. The molecule has 3 aromatic rings. The van der Waals surface area contributed by atoms with Gasteiger partial charge >= 0.3 is 0 Å². The topological polar surface area (TPSA) is 62.3 Å². The number of carbonyl (C=O) groups excluding carboxylic acids is 2. The number of hydrogen-bond donors (Lipinski definition) is 0. The minimum absolute atomic E-state index is 0.0217. The van der Waals surface area contributed by atoms with Gasteiger partial charge in [-0.15, -0.1) is 0 Å². The van der Waals surface area contributed by atoms with Crippen LogP contribution >= 0.6 is 11.6 Å². The zero-order chi connectivity index (χ0) is 33.0. The summed E-state index contributed by atoms with van der Waals surface area (Å²) in [4.78, 5) is 32.2. The van der Waals surface area contributed by atoms with Gasteiger partial charge in [-0.05, 0) is 117 Å². The van der Waals surface area contributed by atoms with E-state index in [0.29, 0.717) is 28.5 Å². The van der Waals surface area contributed by atoms with Crippen molar-refractivity contribution >= 4 is 34.8 Å². The Hall–Kier alpha value is -3.71. The van der Waals surface area contributed by atoms with Crippen LogP contribution in [-0.2, 0) is 16.0 Å². The van der Waals surface area contributed by atoms with E-state index in [9.17, 15) is 9.59 Å². The molecule has 2 amide bonds. The van der Waals surface area contributed by atoms with Crippen LogP contribution in [0.2, 0.25) is 5.02 Å². The SMILES string of the molecule is CCC(C)Oc1cc2c(cc1OC)CC(=O)N(c1ccc(N(C)CC3CCC(N(CC)C(C)=O)CC3)cc1)C2c1ccc(Cl)cc1. The van der Waals surface area contributed by atoms with E-state index in [-0.39, 0.29) is 30.4 Å². The van der Waals surface area contributed by atoms with E-state index in [0.717, 1.165) is 73.3 Å². The molecule has 1 fully saturated rings. The van der Waals surface area contributed by atoms with Gasteiger partial charge in [0.1, 0.15) is 0 Å². The lowest BCUT2D eigenvalue weighted by Gasteiger charge is -2.38. The molecule has 0 N–H and O–H groups in total. The fraction of sp³-hybridized carbons (Fsp3) is 0.474. The normalized spacial score (nSPS) is 20.1. The van der Waals surface area contributed by atoms with Gasteiger partial charge in [-0.3, -0.25) is 9.59 Å². The summed E-state index contributed by atoms with van der Waals surface area (Å²) < 4.78 is 12.0. The first-order valence-electron chi connectivity index (χ1n) is 16.7. The minimum atomic E-state index is -0.352. The Morgan fingerprint density at radius 2 is 1.67 bits per heavy atom. The third-order valence-corrected chi connectivity index (χ3v) is 10.0. The van der Waals surface area contributed by atoms with Gasteiger partial charge in [0.2, 0.25) is 11.8 Å². The first-order chi connectivity index (χ1) is 22.1. The van der Waals surface area contributed by atoms with Gasteiger partial charge in [0.15, 0.2) is 11.5 Å². The molecule has 1 saturated carbocycles.